The third-order valence-electron chi connectivity index (χ3n) is 3.45. The molecule has 0 amide bonds. The van der Waals surface area contributed by atoms with Gasteiger partial charge in [0.15, 0.2) is 0 Å². The fourth-order valence-electron chi connectivity index (χ4n) is 2.57. The highest BCUT2D eigenvalue weighted by Gasteiger charge is 2.20. The van der Waals surface area contributed by atoms with E-state index in [4.69, 9.17) is 0 Å². The van der Waals surface area contributed by atoms with Crippen LogP contribution in [0, 0.1) is 6.92 Å². The summed E-state index contributed by atoms with van der Waals surface area (Å²) in [7, 11) is 0. The molecule has 0 saturated carbocycles. The minimum absolute atomic E-state index is 1.03. The topological polar surface area (TPSA) is 4.93 Å². The standard InChI is InChI=1S/C15H9Br4N/c1-3-20-9-6-4-5-8(16)10(9)11-13(18)14(19)12(17)7(2)15(11)20/h3-6H,1H2,2H3. The van der Waals surface area contributed by atoms with E-state index in [9.17, 15) is 0 Å². The van der Waals surface area contributed by atoms with Gasteiger partial charge in [-0.25, -0.2) is 0 Å². The summed E-state index contributed by atoms with van der Waals surface area (Å²) < 4.78 is 6.34. The highest BCUT2D eigenvalue weighted by molar-refractivity contribution is 9.14. The van der Waals surface area contributed by atoms with Gasteiger partial charge >= 0.3 is 0 Å². The molecule has 20 heavy (non-hydrogen) atoms. The lowest BCUT2D eigenvalue weighted by atomic mass is 10.1. The molecule has 0 unspecified atom stereocenters. The van der Waals surface area contributed by atoms with Crippen molar-refractivity contribution in [2.45, 2.75) is 6.92 Å². The summed E-state index contributed by atoms with van der Waals surface area (Å²) in [6, 6.07) is 6.21. The monoisotopic (exact) mass is 519 g/mol. The maximum Gasteiger partial charge on any atom is 0.0587 e. The van der Waals surface area contributed by atoms with Crippen molar-refractivity contribution in [1.82, 2.24) is 4.57 Å². The summed E-state index contributed by atoms with van der Waals surface area (Å²) in [6.07, 6.45) is 1.86. The number of halogens is 4. The molecule has 0 bridgehead atoms. The van der Waals surface area contributed by atoms with E-state index in [0.29, 0.717) is 0 Å². The molecule has 0 fully saturated rings. The molecule has 1 aromatic heterocycles. The van der Waals surface area contributed by atoms with Crippen molar-refractivity contribution in [2.24, 2.45) is 0 Å². The van der Waals surface area contributed by atoms with E-state index in [2.05, 4.69) is 93.9 Å². The first kappa shape index (κ1) is 14.8. The number of nitrogens with zero attached hydrogens (tertiary/aromatic N) is 1. The second-order valence-corrected chi connectivity index (χ2v) is 7.71. The average molecular weight is 523 g/mol. The Labute approximate surface area is 150 Å². The largest absolute Gasteiger partial charge is 0.316 e. The fourth-order valence-corrected chi connectivity index (χ4v) is 4.85. The second-order valence-electron chi connectivity index (χ2n) is 4.48. The Hall–Kier alpha value is -0.100. The smallest absolute Gasteiger partial charge is 0.0587 e. The van der Waals surface area contributed by atoms with Crippen molar-refractivity contribution in [1.29, 1.82) is 0 Å². The predicted octanol–water partition coefficient (Wildman–Crippen LogP) is 7.25. The van der Waals surface area contributed by atoms with Crippen LogP contribution in [0.1, 0.15) is 5.56 Å². The van der Waals surface area contributed by atoms with E-state index >= 15 is 0 Å². The number of fused-ring (bicyclic) bond motifs is 3. The number of hydrogen-bond donors (Lipinski definition) is 0. The molecule has 0 spiro atoms. The number of aryl methyl sites for hydroxylation is 1. The van der Waals surface area contributed by atoms with Crippen LogP contribution >= 0.6 is 63.7 Å². The van der Waals surface area contributed by atoms with Gasteiger partial charge in [-0.05, 0) is 72.4 Å². The van der Waals surface area contributed by atoms with Crippen molar-refractivity contribution in [3.05, 3.63) is 48.2 Å². The van der Waals surface area contributed by atoms with Crippen LogP contribution in [-0.2, 0) is 0 Å². The van der Waals surface area contributed by atoms with Gasteiger partial charge in [-0.3, -0.25) is 0 Å². The summed E-state index contributed by atoms with van der Waals surface area (Å²) in [5.41, 5.74) is 3.47. The van der Waals surface area contributed by atoms with Crippen LogP contribution in [0.25, 0.3) is 28.0 Å². The van der Waals surface area contributed by atoms with Crippen LogP contribution in [0.3, 0.4) is 0 Å². The molecule has 0 aliphatic rings. The molecule has 3 rings (SSSR count). The molecule has 5 heteroatoms. The fraction of sp³-hybridized carbons (Fsp3) is 0.0667. The van der Waals surface area contributed by atoms with Gasteiger partial charge in [0.1, 0.15) is 0 Å². The molecular formula is C15H9Br4N. The zero-order chi connectivity index (χ0) is 14.6. The second kappa shape index (κ2) is 5.27. The summed E-state index contributed by atoms with van der Waals surface area (Å²) >= 11 is 14.7. The lowest BCUT2D eigenvalue weighted by Crippen LogP contribution is -1.90. The number of benzene rings is 2. The molecule has 1 heterocycles. The maximum absolute atomic E-state index is 3.96. The first-order chi connectivity index (χ1) is 9.49. The van der Waals surface area contributed by atoms with Gasteiger partial charge in [0.25, 0.3) is 0 Å². The van der Waals surface area contributed by atoms with Crippen LogP contribution in [0.15, 0.2) is 42.7 Å². The van der Waals surface area contributed by atoms with Crippen LogP contribution in [0.4, 0.5) is 0 Å². The lowest BCUT2D eigenvalue weighted by molar-refractivity contribution is 1.26. The minimum Gasteiger partial charge on any atom is -0.316 e. The van der Waals surface area contributed by atoms with Crippen LogP contribution in [-0.4, -0.2) is 4.57 Å². The molecule has 2 aromatic carbocycles. The Bertz CT molecular complexity index is 877. The molecule has 0 radical (unpaired) electrons. The van der Waals surface area contributed by atoms with Crippen LogP contribution in [0.5, 0.6) is 0 Å². The zero-order valence-electron chi connectivity index (χ0n) is 10.5. The normalized spacial score (nSPS) is 11.4. The summed E-state index contributed by atoms with van der Waals surface area (Å²) in [6.45, 7) is 6.07. The SMILES string of the molecule is C=Cn1c2cccc(Br)c2c2c(Br)c(Br)c(Br)c(C)c21. The third kappa shape index (κ3) is 1.90. The van der Waals surface area contributed by atoms with Crippen LogP contribution < -0.4 is 0 Å². The van der Waals surface area contributed by atoms with E-state index in [1.807, 2.05) is 12.3 Å². The van der Waals surface area contributed by atoms with Crippen molar-refractivity contribution >= 4 is 91.7 Å². The Morgan fingerprint density at radius 1 is 1.00 bits per heavy atom. The highest BCUT2D eigenvalue weighted by atomic mass is 79.9. The highest BCUT2D eigenvalue weighted by Crippen LogP contribution is 2.46. The van der Waals surface area contributed by atoms with E-state index in [-0.39, 0.29) is 0 Å². The summed E-state index contributed by atoms with van der Waals surface area (Å²) in [4.78, 5) is 0. The van der Waals surface area contributed by atoms with Gasteiger partial charge in [0, 0.05) is 34.9 Å². The first-order valence-electron chi connectivity index (χ1n) is 5.86. The van der Waals surface area contributed by atoms with Gasteiger partial charge in [0.2, 0.25) is 0 Å². The summed E-state index contributed by atoms with van der Waals surface area (Å²) in [5, 5.41) is 2.37. The van der Waals surface area contributed by atoms with E-state index < -0.39 is 0 Å². The van der Waals surface area contributed by atoms with Crippen LogP contribution in [0.2, 0.25) is 0 Å². The van der Waals surface area contributed by atoms with Gasteiger partial charge in [0.05, 0.1) is 11.0 Å². The van der Waals surface area contributed by atoms with E-state index in [1.165, 1.54) is 16.3 Å². The molecule has 0 aliphatic heterocycles. The predicted molar refractivity (Wildman–Crippen MR) is 101 cm³/mol. The molecule has 1 nitrogen and oxygen atoms in total. The van der Waals surface area contributed by atoms with E-state index in [1.54, 1.807) is 0 Å². The molecule has 0 atom stereocenters. The third-order valence-corrected chi connectivity index (χ3v) is 7.75. The molecule has 0 N–H and O–H groups in total. The Morgan fingerprint density at radius 3 is 2.35 bits per heavy atom. The van der Waals surface area contributed by atoms with Crippen molar-refractivity contribution in [2.75, 3.05) is 0 Å². The number of rotatable bonds is 1. The Balaban J connectivity index is 2.79. The van der Waals surface area contributed by atoms with E-state index in [0.717, 1.165) is 28.9 Å². The molecular weight excluding hydrogens is 514 g/mol. The average Bonchev–Trinajstić information content (AvgIpc) is 2.78. The quantitative estimate of drug-likeness (QED) is 0.297. The maximum atomic E-state index is 3.96. The lowest BCUT2D eigenvalue weighted by Gasteiger charge is -2.09. The van der Waals surface area contributed by atoms with Gasteiger partial charge in [-0.15, -0.1) is 0 Å². The van der Waals surface area contributed by atoms with Gasteiger partial charge < -0.3 is 4.57 Å². The van der Waals surface area contributed by atoms with Gasteiger partial charge in [-0.1, -0.05) is 28.6 Å². The van der Waals surface area contributed by atoms with Crippen molar-refractivity contribution < 1.29 is 0 Å². The molecule has 3 aromatic rings. The summed E-state index contributed by atoms with van der Waals surface area (Å²) in [5.74, 6) is 0. The zero-order valence-corrected chi connectivity index (χ0v) is 16.8. The molecule has 102 valence electrons. The Morgan fingerprint density at radius 2 is 1.70 bits per heavy atom. The molecule has 0 saturated heterocycles. The minimum atomic E-state index is 1.03. The Kier molecular flexibility index (Phi) is 3.91. The molecule has 0 aliphatic carbocycles. The van der Waals surface area contributed by atoms with Crippen molar-refractivity contribution in [3.8, 4) is 0 Å². The number of aromatic nitrogens is 1. The van der Waals surface area contributed by atoms with Gasteiger partial charge in [-0.2, -0.15) is 0 Å². The van der Waals surface area contributed by atoms with Crippen molar-refractivity contribution in [3.63, 3.8) is 0 Å². The first-order valence-corrected chi connectivity index (χ1v) is 9.04. The number of hydrogen-bond acceptors (Lipinski definition) is 0.